The van der Waals surface area contributed by atoms with Crippen molar-refractivity contribution in [3.05, 3.63) is 0 Å². The molecule has 1 fully saturated rings. The molecule has 0 spiro atoms. The lowest BCUT2D eigenvalue weighted by atomic mass is 9.97. The van der Waals surface area contributed by atoms with Crippen molar-refractivity contribution < 1.29 is 19.5 Å². The van der Waals surface area contributed by atoms with Gasteiger partial charge in [-0.25, -0.2) is 15.1 Å². The van der Waals surface area contributed by atoms with Crippen molar-refractivity contribution in [1.29, 1.82) is 0 Å². The summed E-state index contributed by atoms with van der Waals surface area (Å²) in [6.07, 6.45) is 5.61. The molecule has 0 aliphatic heterocycles. The third-order valence-electron chi connectivity index (χ3n) is 3.04. The molecule has 17 heavy (non-hydrogen) atoms. The lowest BCUT2D eigenvalue weighted by Gasteiger charge is -2.22. The summed E-state index contributed by atoms with van der Waals surface area (Å²) in [5, 5.41) is 11.1. The number of aliphatic carboxylic acids is 1. The molecular formula is C11H20N2O4. The zero-order chi connectivity index (χ0) is 12.7. The number of hydroxylamine groups is 1. The van der Waals surface area contributed by atoms with Crippen molar-refractivity contribution >= 4 is 12.0 Å². The molecule has 0 radical (unpaired) electrons. The van der Waals surface area contributed by atoms with E-state index in [-0.39, 0.29) is 6.04 Å². The van der Waals surface area contributed by atoms with Gasteiger partial charge in [0.25, 0.3) is 0 Å². The van der Waals surface area contributed by atoms with Crippen LogP contribution in [0.4, 0.5) is 4.79 Å². The van der Waals surface area contributed by atoms with E-state index < -0.39 is 18.6 Å². The largest absolute Gasteiger partial charge is 0.479 e. The first-order chi connectivity index (χ1) is 8.09. The van der Waals surface area contributed by atoms with E-state index in [9.17, 15) is 9.59 Å². The minimum absolute atomic E-state index is 0.144. The Morgan fingerprint density at radius 3 is 2.71 bits per heavy atom. The molecular weight excluding hydrogens is 224 g/mol. The molecule has 0 aromatic rings. The highest BCUT2D eigenvalue weighted by Gasteiger charge is 2.21. The highest BCUT2D eigenvalue weighted by molar-refractivity contribution is 5.73. The first-order valence-electron chi connectivity index (χ1n) is 5.99. The standard InChI is InChI=1S/C11H20N2O4/c1-8-5-3-2-4-6-9(8)12-11(16)13-17-7-10(14)15/h8-9H,2-7H2,1H3,(H,14,15)(H2,12,13,16). The zero-order valence-electron chi connectivity index (χ0n) is 10.1. The Bertz CT molecular complexity index is 270. The van der Waals surface area contributed by atoms with E-state index in [1.807, 2.05) is 0 Å². The summed E-state index contributed by atoms with van der Waals surface area (Å²) in [5.41, 5.74) is 2.07. The molecule has 0 bridgehead atoms. The third-order valence-corrected chi connectivity index (χ3v) is 3.04. The van der Waals surface area contributed by atoms with Crippen molar-refractivity contribution in [2.75, 3.05) is 6.61 Å². The second-order valence-electron chi connectivity index (χ2n) is 4.48. The SMILES string of the molecule is CC1CCCCCC1NC(=O)NOCC(=O)O. The zero-order valence-corrected chi connectivity index (χ0v) is 10.1. The van der Waals surface area contributed by atoms with Crippen LogP contribution in [0.1, 0.15) is 39.0 Å². The van der Waals surface area contributed by atoms with Gasteiger partial charge in [-0.15, -0.1) is 0 Å². The maximum Gasteiger partial charge on any atom is 0.338 e. The fraction of sp³-hybridized carbons (Fsp3) is 0.818. The lowest BCUT2D eigenvalue weighted by molar-refractivity contribution is -0.144. The molecule has 98 valence electrons. The number of nitrogens with one attached hydrogen (secondary N) is 2. The lowest BCUT2D eigenvalue weighted by Crippen LogP contribution is -2.45. The summed E-state index contributed by atoms with van der Waals surface area (Å²) < 4.78 is 0. The van der Waals surface area contributed by atoms with Gasteiger partial charge in [0.15, 0.2) is 6.61 Å². The Labute approximate surface area is 101 Å². The predicted molar refractivity (Wildman–Crippen MR) is 61.3 cm³/mol. The van der Waals surface area contributed by atoms with Gasteiger partial charge < -0.3 is 10.4 Å². The van der Waals surface area contributed by atoms with E-state index in [4.69, 9.17) is 5.11 Å². The number of urea groups is 1. The van der Waals surface area contributed by atoms with Gasteiger partial charge >= 0.3 is 12.0 Å². The quantitative estimate of drug-likeness (QED) is 0.513. The Morgan fingerprint density at radius 2 is 2.00 bits per heavy atom. The molecule has 1 aliphatic rings. The minimum atomic E-state index is -1.12. The maximum absolute atomic E-state index is 11.4. The van der Waals surface area contributed by atoms with Crippen molar-refractivity contribution in [3.8, 4) is 0 Å². The smallest absolute Gasteiger partial charge is 0.338 e. The van der Waals surface area contributed by atoms with Crippen molar-refractivity contribution in [3.63, 3.8) is 0 Å². The van der Waals surface area contributed by atoms with Gasteiger partial charge in [-0.3, -0.25) is 4.84 Å². The van der Waals surface area contributed by atoms with Gasteiger partial charge in [0.2, 0.25) is 0 Å². The van der Waals surface area contributed by atoms with Gasteiger partial charge in [-0.1, -0.05) is 26.2 Å². The first kappa shape index (κ1) is 13.8. The molecule has 2 atom stereocenters. The predicted octanol–water partition coefficient (Wildman–Crippen LogP) is 1.27. The van der Waals surface area contributed by atoms with Gasteiger partial charge in [-0.05, 0) is 18.8 Å². The third kappa shape index (κ3) is 5.53. The molecule has 2 unspecified atom stereocenters. The van der Waals surface area contributed by atoms with Crippen molar-refractivity contribution in [2.45, 2.75) is 45.1 Å². The van der Waals surface area contributed by atoms with Crippen LogP contribution >= 0.6 is 0 Å². The highest BCUT2D eigenvalue weighted by atomic mass is 16.7. The molecule has 0 saturated heterocycles. The van der Waals surface area contributed by atoms with Crippen LogP contribution in [-0.2, 0) is 9.63 Å². The minimum Gasteiger partial charge on any atom is -0.479 e. The normalized spacial score (nSPS) is 24.8. The van der Waals surface area contributed by atoms with Crippen molar-refractivity contribution in [2.24, 2.45) is 5.92 Å². The summed E-state index contributed by atoms with van der Waals surface area (Å²) >= 11 is 0. The molecule has 6 heteroatoms. The summed E-state index contributed by atoms with van der Waals surface area (Å²) in [4.78, 5) is 26.1. The molecule has 1 saturated carbocycles. The van der Waals surface area contributed by atoms with Crippen LogP contribution in [0, 0.1) is 5.92 Å². The average Bonchev–Trinajstić information content (AvgIpc) is 2.44. The fourth-order valence-electron chi connectivity index (χ4n) is 2.07. The van der Waals surface area contributed by atoms with E-state index >= 15 is 0 Å². The van der Waals surface area contributed by atoms with E-state index in [2.05, 4.69) is 22.6 Å². The van der Waals surface area contributed by atoms with E-state index in [1.54, 1.807) is 0 Å². The van der Waals surface area contributed by atoms with Crippen LogP contribution in [0.25, 0.3) is 0 Å². The van der Waals surface area contributed by atoms with Crippen LogP contribution in [0.3, 0.4) is 0 Å². The highest BCUT2D eigenvalue weighted by Crippen LogP contribution is 2.22. The Kier molecular flexibility index (Phi) is 5.76. The number of hydrogen-bond acceptors (Lipinski definition) is 3. The van der Waals surface area contributed by atoms with Crippen LogP contribution in [0.2, 0.25) is 0 Å². The molecule has 1 aliphatic carbocycles. The number of rotatable bonds is 4. The van der Waals surface area contributed by atoms with E-state index in [0.717, 1.165) is 19.3 Å². The van der Waals surface area contributed by atoms with Crippen LogP contribution in [-0.4, -0.2) is 29.8 Å². The summed E-state index contributed by atoms with van der Waals surface area (Å²) in [6, 6.07) is -0.323. The summed E-state index contributed by atoms with van der Waals surface area (Å²) in [7, 11) is 0. The van der Waals surface area contributed by atoms with E-state index in [1.165, 1.54) is 12.8 Å². The van der Waals surface area contributed by atoms with E-state index in [0.29, 0.717) is 5.92 Å². The molecule has 1 rings (SSSR count). The molecule has 0 heterocycles. The van der Waals surface area contributed by atoms with Gasteiger partial charge in [0.05, 0.1) is 0 Å². The molecule has 2 amide bonds. The molecule has 3 N–H and O–H groups in total. The molecule has 6 nitrogen and oxygen atoms in total. The number of hydrogen-bond donors (Lipinski definition) is 3. The fourth-order valence-corrected chi connectivity index (χ4v) is 2.07. The second kappa shape index (κ2) is 7.11. The molecule has 0 aromatic carbocycles. The number of carbonyl (C=O) groups excluding carboxylic acids is 1. The summed E-state index contributed by atoms with van der Waals surface area (Å²) in [5.74, 6) is -0.671. The van der Waals surface area contributed by atoms with Crippen LogP contribution < -0.4 is 10.8 Å². The molecule has 0 aromatic heterocycles. The van der Waals surface area contributed by atoms with Gasteiger partial charge in [-0.2, -0.15) is 0 Å². The Morgan fingerprint density at radius 1 is 1.29 bits per heavy atom. The number of carbonyl (C=O) groups is 2. The number of carboxylic acid groups (broad SMARTS) is 1. The maximum atomic E-state index is 11.4. The average molecular weight is 244 g/mol. The van der Waals surface area contributed by atoms with Gasteiger partial charge in [0.1, 0.15) is 0 Å². The van der Waals surface area contributed by atoms with Crippen LogP contribution in [0.15, 0.2) is 0 Å². The Balaban J connectivity index is 2.26. The number of carboxylic acids is 1. The van der Waals surface area contributed by atoms with Crippen LogP contribution in [0.5, 0.6) is 0 Å². The monoisotopic (exact) mass is 244 g/mol. The Hall–Kier alpha value is -1.30. The first-order valence-corrected chi connectivity index (χ1v) is 5.99. The van der Waals surface area contributed by atoms with Crippen molar-refractivity contribution in [1.82, 2.24) is 10.8 Å². The number of amides is 2. The van der Waals surface area contributed by atoms with Gasteiger partial charge in [0, 0.05) is 6.04 Å². The topological polar surface area (TPSA) is 87.7 Å². The summed E-state index contributed by atoms with van der Waals surface area (Å²) in [6.45, 7) is 1.59. The second-order valence-corrected chi connectivity index (χ2v) is 4.48.